The molecule has 6 nitrogen and oxygen atoms in total. The largest absolute Gasteiger partial charge is 0.347 e. The van der Waals surface area contributed by atoms with Crippen LogP contribution in [0, 0.1) is 0 Å². The molecule has 1 atom stereocenters. The maximum Gasteiger partial charge on any atom is 0.325 e. The number of carbonyl (C=O) groups is 3. The van der Waals surface area contributed by atoms with E-state index in [1.54, 1.807) is 17.4 Å². The normalized spacial score (nSPS) is 25.2. The smallest absolute Gasteiger partial charge is 0.325 e. The lowest BCUT2D eigenvalue weighted by Gasteiger charge is -2.31. The molecule has 1 spiro atoms. The van der Waals surface area contributed by atoms with Gasteiger partial charge in [-0.05, 0) is 42.3 Å². The first kappa shape index (κ1) is 20.0. The summed E-state index contributed by atoms with van der Waals surface area (Å²) in [6.45, 7) is 3.91. The van der Waals surface area contributed by atoms with Crippen LogP contribution >= 0.6 is 11.3 Å². The van der Waals surface area contributed by atoms with Crippen LogP contribution in [0.3, 0.4) is 0 Å². The number of nitrogens with one attached hydrogen (secondary N) is 1. The summed E-state index contributed by atoms with van der Waals surface area (Å²) >= 11 is 1.62. The number of aryl methyl sites for hydroxylation is 1. The minimum Gasteiger partial charge on any atom is -0.347 e. The third kappa shape index (κ3) is 2.79. The molecule has 0 radical (unpaired) electrons. The molecule has 2 aliphatic heterocycles. The molecule has 0 bridgehead atoms. The van der Waals surface area contributed by atoms with Crippen LogP contribution in [0.2, 0.25) is 0 Å². The Labute approximate surface area is 185 Å². The minimum atomic E-state index is -1.02. The van der Waals surface area contributed by atoms with Gasteiger partial charge in [0.25, 0.3) is 5.91 Å². The van der Waals surface area contributed by atoms with Crippen LogP contribution in [-0.2, 0) is 27.0 Å². The molecule has 1 aromatic heterocycles. The number of hydrogen-bond acceptors (Lipinski definition) is 5. The Morgan fingerprint density at radius 2 is 1.97 bits per heavy atom. The second-order valence-corrected chi connectivity index (χ2v) is 10.0. The van der Waals surface area contributed by atoms with Crippen LogP contribution in [0.4, 0.5) is 10.5 Å². The summed E-state index contributed by atoms with van der Waals surface area (Å²) in [7, 11) is 1.94. The first-order valence-electron chi connectivity index (χ1n) is 10.5. The molecular weight excluding hydrogens is 410 g/mol. The summed E-state index contributed by atoms with van der Waals surface area (Å²) in [4.78, 5) is 43.4. The lowest BCUT2D eigenvalue weighted by atomic mass is 9.80. The number of nitrogens with zero attached hydrogens (tertiary/aromatic N) is 2. The number of fused-ring (bicyclic) bond motifs is 3. The monoisotopic (exact) mass is 435 g/mol. The third-order valence-corrected chi connectivity index (χ3v) is 7.87. The van der Waals surface area contributed by atoms with E-state index < -0.39 is 11.6 Å². The van der Waals surface area contributed by atoms with Crippen LogP contribution < -0.4 is 10.2 Å². The Hall–Kier alpha value is -2.93. The first-order valence-corrected chi connectivity index (χ1v) is 11.4. The highest BCUT2D eigenvalue weighted by molar-refractivity contribution is 7.10. The molecule has 3 heterocycles. The van der Waals surface area contributed by atoms with Gasteiger partial charge in [0.1, 0.15) is 5.54 Å². The van der Waals surface area contributed by atoms with Gasteiger partial charge in [-0.1, -0.05) is 32.0 Å². The van der Waals surface area contributed by atoms with E-state index in [0.29, 0.717) is 6.42 Å². The minimum absolute atomic E-state index is 0.254. The van der Waals surface area contributed by atoms with Gasteiger partial charge in [-0.3, -0.25) is 14.5 Å². The second kappa shape index (κ2) is 6.79. The molecule has 160 valence electrons. The van der Waals surface area contributed by atoms with Gasteiger partial charge in [0, 0.05) is 40.4 Å². The molecule has 1 aromatic carbocycles. The van der Waals surface area contributed by atoms with E-state index in [9.17, 15) is 14.4 Å². The quantitative estimate of drug-likeness (QED) is 0.589. The van der Waals surface area contributed by atoms with E-state index in [1.807, 2.05) is 41.6 Å². The molecule has 5 rings (SSSR count). The number of hydrogen-bond donors (Lipinski definition) is 1. The molecule has 7 heteroatoms. The van der Waals surface area contributed by atoms with Crippen molar-refractivity contribution in [3.63, 3.8) is 0 Å². The van der Waals surface area contributed by atoms with Crippen LogP contribution in [-0.4, -0.2) is 36.2 Å². The number of carbonyl (C=O) groups excluding carboxylic acids is 3. The SMILES string of the molecule is CN1C(=CC(=O)CN2C(=O)NC3(CCCc4sccc43)C2=O)C(C)(C)c2ccccc21. The molecule has 1 N–H and O–H groups in total. The van der Waals surface area contributed by atoms with Crippen LogP contribution in [0.25, 0.3) is 0 Å². The highest BCUT2D eigenvalue weighted by Gasteiger charge is 2.54. The predicted octanol–water partition coefficient (Wildman–Crippen LogP) is 3.71. The fraction of sp³-hybridized carbons (Fsp3) is 0.375. The average Bonchev–Trinajstić information content (AvgIpc) is 3.37. The number of anilines is 1. The van der Waals surface area contributed by atoms with Crippen molar-refractivity contribution in [2.24, 2.45) is 0 Å². The van der Waals surface area contributed by atoms with Crippen LogP contribution in [0.15, 0.2) is 47.5 Å². The van der Waals surface area contributed by atoms with Crippen molar-refractivity contribution in [1.82, 2.24) is 10.2 Å². The summed E-state index contributed by atoms with van der Waals surface area (Å²) in [6.07, 6.45) is 3.91. The Balaban J connectivity index is 1.41. The second-order valence-electron chi connectivity index (χ2n) is 9.03. The van der Waals surface area contributed by atoms with Crippen molar-refractivity contribution in [2.45, 2.75) is 44.1 Å². The van der Waals surface area contributed by atoms with Gasteiger partial charge in [0.15, 0.2) is 5.78 Å². The number of rotatable bonds is 3. The van der Waals surface area contributed by atoms with Crippen LogP contribution in [0.5, 0.6) is 0 Å². The highest BCUT2D eigenvalue weighted by Crippen LogP contribution is 2.46. The Morgan fingerprint density at radius 1 is 1.19 bits per heavy atom. The van der Waals surface area contributed by atoms with Gasteiger partial charge < -0.3 is 10.2 Å². The summed E-state index contributed by atoms with van der Waals surface area (Å²) in [5.74, 6) is -0.574. The molecule has 0 saturated carbocycles. The number of amides is 3. The van der Waals surface area contributed by atoms with Gasteiger partial charge in [0.05, 0.1) is 6.54 Å². The maximum absolute atomic E-state index is 13.4. The summed E-state index contributed by atoms with van der Waals surface area (Å²) in [6, 6.07) is 9.52. The van der Waals surface area contributed by atoms with Crippen molar-refractivity contribution in [3.8, 4) is 0 Å². The van der Waals surface area contributed by atoms with Crippen molar-refractivity contribution < 1.29 is 14.4 Å². The highest BCUT2D eigenvalue weighted by atomic mass is 32.1. The zero-order chi connectivity index (χ0) is 22.0. The lowest BCUT2D eigenvalue weighted by molar-refractivity contribution is -0.134. The summed E-state index contributed by atoms with van der Waals surface area (Å²) in [5.41, 5.74) is 2.61. The third-order valence-electron chi connectivity index (χ3n) is 6.89. The summed E-state index contributed by atoms with van der Waals surface area (Å²) in [5, 5.41) is 4.87. The molecule has 1 fully saturated rings. The van der Waals surface area contributed by atoms with Gasteiger partial charge >= 0.3 is 6.03 Å². The Kier molecular flexibility index (Phi) is 4.38. The molecule has 3 amide bonds. The standard InChI is InChI=1S/C24H25N3O3S/c1-23(2)16-7-4-5-8-18(16)26(3)20(23)13-15(28)14-27-21(29)24(25-22(27)30)11-6-9-19-17(24)10-12-31-19/h4-5,7-8,10,12-13H,6,9,11,14H2,1-3H3,(H,25,30). The Bertz CT molecular complexity index is 1150. The van der Waals surface area contributed by atoms with Gasteiger partial charge in [-0.25, -0.2) is 4.79 Å². The molecule has 1 aliphatic carbocycles. The van der Waals surface area contributed by atoms with Gasteiger partial charge in [0.2, 0.25) is 0 Å². The number of benzene rings is 1. The van der Waals surface area contributed by atoms with E-state index in [4.69, 9.17) is 0 Å². The van der Waals surface area contributed by atoms with Gasteiger partial charge in [-0.2, -0.15) is 0 Å². The van der Waals surface area contributed by atoms with Crippen molar-refractivity contribution in [1.29, 1.82) is 0 Å². The van der Waals surface area contributed by atoms with E-state index in [-0.39, 0.29) is 23.7 Å². The molecular formula is C24H25N3O3S. The summed E-state index contributed by atoms with van der Waals surface area (Å²) < 4.78 is 0. The van der Waals surface area contributed by atoms with E-state index in [2.05, 4.69) is 25.2 Å². The first-order chi connectivity index (χ1) is 14.8. The fourth-order valence-electron chi connectivity index (χ4n) is 5.30. The molecule has 1 unspecified atom stereocenters. The van der Waals surface area contributed by atoms with E-state index >= 15 is 0 Å². The van der Waals surface area contributed by atoms with Crippen molar-refractivity contribution in [2.75, 3.05) is 18.5 Å². The zero-order valence-corrected chi connectivity index (χ0v) is 18.7. The number of allylic oxidation sites excluding steroid dienone is 1. The number of ketones is 1. The topological polar surface area (TPSA) is 69.7 Å². The average molecular weight is 436 g/mol. The Morgan fingerprint density at radius 3 is 2.74 bits per heavy atom. The zero-order valence-electron chi connectivity index (χ0n) is 17.9. The predicted molar refractivity (Wildman–Crippen MR) is 120 cm³/mol. The van der Waals surface area contributed by atoms with E-state index in [0.717, 1.165) is 45.1 Å². The van der Waals surface area contributed by atoms with Crippen LogP contribution in [0.1, 0.15) is 42.7 Å². The number of para-hydroxylation sites is 1. The molecule has 1 saturated heterocycles. The number of urea groups is 1. The maximum atomic E-state index is 13.4. The number of imide groups is 1. The van der Waals surface area contributed by atoms with Gasteiger partial charge in [-0.15, -0.1) is 11.3 Å². The van der Waals surface area contributed by atoms with Crippen molar-refractivity contribution in [3.05, 3.63) is 63.5 Å². The fourth-order valence-corrected chi connectivity index (χ4v) is 6.30. The molecule has 2 aromatic rings. The number of thiophene rings is 1. The van der Waals surface area contributed by atoms with Crippen molar-refractivity contribution >= 4 is 34.7 Å². The molecule has 31 heavy (non-hydrogen) atoms. The molecule has 3 aliphatic rings. The lowest BCUT2D eigenvalue weighted by Crippen LogP contribution is -2.46. The van der Waals surface area contributed by atoms with E-state index in [1.165, 1.54) is 0 Å². The number of likely N-dealkylation sites (N-methyl/N-ethyl adjacent to an activating group) is 1.